The lowest BCUT2D eigenvalue weighted by Gasteiger charge is -2.13. The van der Waals surface area contributed by atoms with Crippen molar-refractivity contribution in [3.8, 4) is 5.75 Å². The zero-order valence-corrected chi connectivity index (χ0v) is 11.8. The zero-order chi connectivity index (χ0) is 15.4. The second-order valence-corrected chi connectivity index (χ2v) is 5.22. The zero-order valence-electron chi connectivity index (χ0n) is 11.8. The molecule has 2 rings (SSSR count). The average molecular weight is 295 g/mol. The molecule has 2 atom stereocenters. The number of benzene rings is 1. The van der Waals surface area contributed by atoms with Gasteiger partial charge in [-0.25, -0.2) is 4.39 Å². The maximum atomic E-state index is 13.2. The van der Waals surface area contributed by atoms with Gasteiger partial charge in [0.05, 0.1) is 13.0 Å². The fourth-order valence-electron chi connectivity index (χ4n) is 2.66. The molecule has 0 bridgehead atoms. The number of nitrogens with one attached hydrogen (secondary N) is 1. The molecule has 1 fully saturated rings. The van der Waals surface area contributed by atoms with Crippen molar-refractivity contribution in [1.29, 1.82) is 0 Å². The number of carboxylic acid groups (broad SMARTS) is 1. The van der Waals surface area contributed by atoms with E-state index in [9.17, 15) is 14.0 Å². The molecular formula is C15H18FNO4. The average Bonchev–Trinajstić information content (AvgIpc) is 2.95. The Kier molecular flexibility index (Phi) is 4.77. The second-order valence-electron chi connectivity index (χ2n) is 5.22. The number of halogens is 1. The Hall–Kier alpha value is -2.11. The maximum absolute atomic E-state index is 13.2. The van der Waals surface area contributed by atoms with Gasteiger partial charge in [-0.15, -0.1) is 0 Å². The summed E-state index contributed by atoms with van der Waals surface area (Å²) in [6, 6.07) is 4.11. The van der Waals surface area contributed by atoms with Gasteiger partial charge in [-0.2, -0.15) is 0 Å². The van der Waals surface area contributed by atoms with Crippen LogP contribution in [0.25, 0.3) is 0 Å². The number of carbonyl (C=O) groups is 2. The molecule has 1 aliphatic rings. The third kappa shape index (κ3) is 3.71. The van der Waals surface area contributed by atoms with Crippen LogP contribution in [-0.4, -0.2) is 24.1 Å². The van der Waals surface area contributed by atoms with Gasteiger partial charge in [0.25, 0.3) is 0 Å². The van der Waals surface area contributed by atoms with Crippen LogP contribution in [0.5, 0.6) is 5.75 Å². The number of carboxylic acids is 1. The molecule has 1 aromatic rings. The van der Waals surface area contributed by atoms with Crippen molar-refractivity contribution in [1.82, 2.24) is 5.32 Å². The number of amides is 1. The molecule has 0 aromatic heterocycles. The number of rotatable bonds is 5. The number of hydrogen-bond donors (Lipinski definition) is 2. The first-order valence-corrected chi connectivity index (χ1v) is 6.84. The van der Waals surface area contributed by atoms with Crippen LogP contribution in [0.4, 0.5) is 4.39 Å². The monoisotopic (exact) mass is 295 g/mol. The first-order valence-electron chi connectivity index (χ1n) is 6.84. The van der Waals surface area contributed by atoms with Crippen LogP contribution in [0.15, 0.2) is 18.2 Å². The first kappa shape index (κ1) is 15.3. The lowest BCUT2D eigenvalue weighted by atomic mass is 10.0. The summed E-state index contributed by atoms with van der Waals surface area (Å²) in [5, 5.41) is 11.7. The molecule has 2 N–H and O–H groups in total. The Morgan fingerprint density at radius 2 is 2.10 bits per heavy atom. The van der Waals surface area contributed by atoms with Crippen molar-refractivity contribution in [2.24, 2.45) is 11.8 Å². The lowest BCUT2D eigenvalue weighted by molar-refractivity contribution is -0.141. The van der Waals surface area contributed by atoms with Gasteiger partial charge >= 0.3 is 5.97 Å². The Bertz CT molecular complexity index is 546. The van der Waals surface area contributed by atoms with Crippen molar-refractivity contribution >= 4 is 11.9 Å². The summed E-state index contributed by atoms with van der Waals surface area (Å²) in [6.07, 6.45) is 1.46. The van der Waals surface area contributed by atoms with E-state index in [1.165, 1.54) is 25.3 Å². The molecule has 0 spiro atoms. The maximum Gasteiger partial charge on any atom is 0.306 e. The highest BCUT2D eigenvalue weighted by Gasteiger charge is 2.33. The fraction of sp³-hybridized carbons (Fsp3) is 0.467. The van der Waals surface area contributed by atoms with Gasteiger partial charge < -0.3 is 15.2 Å². The minimum absolute atomic E-state index is 0.161. The van der Waals surface area contributed by atoms with Crippen LogP contribution in [0.3, 0.4) is 0 Å². The smallest absolute Gasteiger partial charge is 0.306 e. The molecular weight excluding hydrogens is 277 g/mol. The predicted octanol–water partition coefficient (Wildman–Crippen LogP) is 1.95. The Morgan fingerprint density at radius 3 is 2.71 bits per heavy atom. The van der Waals surface area contributed by atoms with Crippen LogP contribution in [0, 0.1) is 17.7 Å². The highest BCUT2D eigenvalue weighted by molar-refractivity contribution is 5.80. The molecule has 6 heteroatoms. The van der Waals surface area contributed by atoms with Crippen LogP contribution in [0.2, 0.25) is 0 Å². The number of ether oxygens (including phenoxy) is 1. The normalized spacial score (nSPS) is 21.0. The molecule has 0 saturated heterocycles. The minimum atomic E-state index is -0.850. The first-order chi connectivity index (χ1) is 10.0. The second kappa shape index (κ2) is 6.56. The molecule has 0 unspecified atom stereocenters. The standard InChI is InChI=1S/C15H18FNO4/c1-21-13-5-4-12(16)7-11(13)8-17-14(18)9-2-3-10(6-9)15(19)20/h4-5,7,9-10H,2-3,6,8H2,1H3,(H,17,18)(H,19,20)/t9-,10+/m1/s1. The van der Waals surface area contributed by atoms with Crippen LogP contribution in [-0.2, 0) is 16.1 Å². The molecule has 1 aliphatic carbocycles. The van der Waals surface area contributed by atoms with Gasteiger partial charge in [-0.3, -0.25) is 9.59 Å². The van der Waals surface area contributed by atoms with Gasteiger partial charge in [-0.05, 0) is 37.5 Å². The Balaban J connectivity index is 1.93. The van der Waals surface area contributed by atoms with E-state index in [2.05, 4.69) is 5.32 Å². The molecule has 0 heterocycles. The third-order valence-electron chi connectivity index (χ3n) is 3.85. The van der Waals surface area contributed by atoms with E-state index in [4.69, 9.17) is 9.84 Å². The molecule has 1 aromatic carbocycles. The van der Waals surface area contributed by atoms with Gasteiger partial charge in [0.15, 0.2) is 0 Å². The summed E-state index contributed by atoms with van der Waals surface area (Å²) >= 11 is 0. The fourth-order valence-corrected chi connectivity index (χ4v) is 2.66. The molecule has 5 nitrogen and oxygen atoms in total. The third-order valence-corrected chi connectivity index (χ3v) is 3.85. The molecule has 0 radical (unpaired) electrons. The molecule has 1 saturated carbocycles. The number of hydrogen-bond acceptors (Lipinski definition) is 3. The largest absolute Gasteiger partial charge is 0.496 e. The number of carbonyl (C=O) groups excluding carboxylic acids is 1. The summed E-state index contributed by atoms with van der Waals surface area (Å²) in [4.78, 5) is 22.9. The topological polar surface area (TPSA) is 75.6 Å². The van der Waals surface area contributed by atoms with Crippen molar-refractivity contribution in [3.63, 3.8) is 0 Å². The van der Waals surface area contributed by atoms with Gasteiger partial charge in [0, 0.05) is 18.0 Å². The van der Waals surface area contributed by atoms with E-state index < -0.39 is 17.7 Å². The van der Waals surface area contributed by atoms with Gasteiger partial charge in [0.1, 0.15) is 11.6 Å². The highest BCUT2D eigenvalue weighted by atomic mass is 19.1. The summed E-state index contributed by atoms with van der Waals surface area (Å²) in [6.45, 7) is 0.161. The molecule has 1 amide bonds. The van der Waals surface area contributed by atoms with E-state index in [1.54, 1.807) is 0 Å². The summed E-state index contributed by atoms with van der Waals surface area (Å²) in [7, 11) is 1.48. The van der Waals surface area contributed by atoms with Crippen molar-refractivity contribution in [3.05, 3.63) is 29.6 Å². The number of methoxy groups -OCH3 is 1. The molecule has 0 aliphatic heterocycles. The quantitative estimate of drug-likeness (QED) is 0.870. The van der Waals surface area contributed by atoms with E-state index in [0.717, 1.165) is 0 Å². The van der Waals surface area contributed by atoms with E-state index in [0.29, 0.717) is 30.6 Å². The summed E-state index contributed by atoms with van der Waals surface area (Å²) in [5.41, 5.74) is 0.554. The van der Waals surface area contributed by atoms with Crippen LogP contribution < -0.4 is 10.1 Å². The minimum Gasteiger partial charge on any atom is -0.496 e. The van der Waals surface area contributed by atoms with E-state index >= 15 is 0 Å². The van der Waals surface area contributed by atoms with Crippen LogP contribution in [0.1, 0.15) is 24.8 Å². The summed E-state index contributed by atoms with van der Waals surface area (Å²) < 4.78 is 18.3. The Labute approximate surface area is 122 Å². The van der Waals surface area contributed by atoms with Crippen molar-refractivity contribution < 1.29 is 23.8 Å². The van der Waals surface area contributed by atoms with Gasteiger partial charge in [0.2, 0.25) is 5.91 Å². The SMILES string of the molecule is COc1ccc(F)cc1CNC(=O)[C@@H]1CC[C@H](C(=O)O)C1. The lowest BCUT2D eigenvalue weighted by Crippen LogP contribution is -2.29. The predicted molar refractivity (Wildman–Crippen MR) is 73.3 cm³/mol. The van der Waals surface area contributed by atoms with Crippen LogP contribution >= 0.6 is 0 Å². The van der Waals surface area contributed by atoms with E-state index in [-0.39, 0.29) is 18.4 Å². The van der Waals surface area contributed by atoms with Crippen molar-refractivity contribution in [2.75, 3.05) is 7.11 Å². The van der Waals surface area contributed by atoms with E-state index in [1.807, 2.05) is 0 Å². The molecule has 114 valence electrons. The number of aliphatic carboxylic acids is 1. The molecule has 21 heavy (non-hydrogen) atoms. The summed E-state index contributed by atoms with van der Waals surface area (Å²) in [5.74, 6) is -1.66. The Morgan fingerprint density at radius 1 is 1.38 bits per heavy atom. The van der Waals surface area contributed by atoms with Gasteiger partial charge in [-0.1, -0.05) is 0 Å². The highest BCUT2D eigenvalue weighted by Crippen LogP contribution is 2.31. The van der Waals surface area contributed by atoms with Crippen molar-refractivity contribution in [2.45, 2.75) is 25.8 Å².